The molecule has 5 aliphatic rings. The third kappa shape index (κ3) is 2.66. The minimum atomic E-state index is -0.516. The Bertz CT molecular complexity index is 812. The summed E-state index contributed by atoms with van der Waals surface area (Å²) in [4.78, 5) is 12.9. The Morgan fingerprint density at radius 3 is 2.09 bits per heavy atom. The molecule has 5 aliphatic carbocycles. The Morgan fingerprint density at radius 2 is 1.41 bits per heavy atom. The molecule has 0 unspecified atom stereocenters. The Kier molecular flexibility index (Phi) is 4.85. The first-order chi connectivity index (χ1) is 14.6. The fourth-order valence-corrected chi connectivity index (χ4v) is 11.4. The van der Waals surface area contributed by atoms with E-state index >= 15 is 0 Å². The summed E-state index contributed by atoms with van der Waals surface area (Å²) in [6.07, 6.45) is 11.9. The van der Waals surface area contributed by atoms with Crippen molar-refractivity contribution in [3.05, 3.63) is 0 Å². The van der Waals surface area contributed by atoms with Crippen molar-refractivity contribution in [2.24, 2.45) is 56.7 Å². The predicted molar refractivity (Wildman–Crippen MR) is 131 cm³/mol. The van der Waals surface area contributed by atoms with Gasteiger partial charge in [0.2, 0.25) is 0 Å². The van der Waals surface area contributed by atoms with Crippen LogP contribution in [0.1, 0.15) is 120 Å². The molecular weight excluding hydrogens is 392 g/mol. The molecule has 32 heavy (non-hydrogen) atoms. The summed E-state index contributed by atoms with van der Waals surface area (Å²) in [5, 5.41) is 11.3. The van der Waals surface area contributed by atoms with E-state index in [9.17, 15) is 9.90 Å². The lowest BCUT2D eigenvalue weighted by atomic mass is 9.31. The summed E-state index contributed by atoms with van der Waals surface area (Å²) in [6.45, 7) is 19.5. The summed E-state index contributed by atoms with van der Waals surface area (Å²) in [7, 11) is 0. The number of carbonyl (C=O) groups is 1. The molecule has 0 bridgehead atoms. The lowest BCUT2D eigenvalue weighted by molar-refractivity contribution is -0.254. The zero-order valence-electron chi connectivity index (χ0n) is 22.3. The van der Waals surface area contributed by atoms with Crippen molar-refractivity contribution in [3.63, 3.8) is 0 Å². The average Bonchev–Trinajstić information content (AvgIpc) is 2.70. The van der Waals surface area contributed by atoms with E-state index in [2.05, 4.69) is 55.4 Å². The van der Waals surface area contributed by atoms with E-state index < -0.39 is 5.60 Å². The van der Waals surface area contributed by atoms with Crippen molar-refractivity contribution in [3.8, 4) is 0 Å². The highest BCUT2D eigenvalue weighted by atomic mass is 16.3. The van der Waals surface area contributed by atoms with E-state index in [0.717, 1.165) is 31.1 Å². The lowest BCUT2D eigenvalue weighted by Gasteiger charge is -2.73. The van der Waals surface area contributed by atoms with E-state index in [1.54, 1.807) is 0 Å². The number of aliphatic hydroxyl groups is 1. The van der Waals surface area contributed by atoms with E-state index in [-0.39, 0.29) is 5.41 Å². The van der Waals surface area contributed by atoms with Gasteiger partial charge in [-0.1, -0.05) is 48.5 Å². The number of ketones is 1. The monoisotopic (exact) mass is 442 g/mol. The maximum atomic E-state index is 12.9. The van der Waals surface area contributed by atoms with Gasteiger partial charge in [0, 0.05) is 11.8 Å². The Morgan fingerprint density at radius 1 is 0.750 bits per heavy atom. The van der Waals surface area contributed by atoms with Crippen LogP contribution in [-0.2, 0) is 4.79 Å². The second kappa shape index (κ2) is 6.64. The topological polar surface area (TPSA) is 37.3 Å². The molecule has 5 fully saturated rings. The molecule has 2 heteroatoms. The zero-order valence-corrected chi connectivity index (χ0v) is 22.3. The van der Waals surface area contributed by atoms with Gasteiger partial charge >= 0.3 is 0 Å². The highest BCUT2D eigenvalue weighted by molar-refractivity contribution is 5.85. The van der Waals surface area contributed by atoms with Crippen molar-refractivity contribution in [2.45, 2.75) is 125 Å². The summed E-state index contributed by atoms with van der Waals surface area (Å²) in [5.41, 5.74) is 0.715. The van der Waals surface area contributed by atoms with E-state index in [0.29, 0.717) is 45.2 Å². The standard InChI is InChI=1S/C30H50O2/c1-19-24-20-9-10-22-27(5)13-12-23(31)25(2,3)21(27)11-14-29(22,7)28(20,6)17-15-26(24,4)16-18-30(19,8)32/h19-22,24,32H,9-18H2,1-8H3/t19-,20+,21-,22+,24-,26-,27-,28+,29+,30-/m0/s1. The van der Waals surface area contributed by atoms with Crippen LogP contribution in [-0.4, -0.2) is 16.5 Å². The molecule has 10 atom stereocenters. The van der Waals surface area contributed by atoms with Crippen LogP contribution < -0.4 is 0 Å². The highest BCUT2D eigenvalue weighted by Gasteiger charge is 2.70. The van der Waals surface area contributed by atoms with Gasteiger partial charge in [-0.25, -0.2) is 0 Å². The normalized spacial score (nSPS) is 59.4. The molecule has 0 heterocycles. The van der Waals surface area contributed by atoms with Gasteiger partial charge in [-0.05, 0) is 116 Å². The van der Waals surface area contributed by atoms with Crippen molar-refractivity contribution in [1.29, 1.82) is 0 Å². The molecule has 0 spiro atoms. The Labute approximate surface area is 197 Å². The summed E-state index contributed by atoms with van der Waals surface area (Å²) in [5.74, 6) is 3.52. The number of Topliss-reactive ketones (excluding diaryl/α,β-unsaturated/α-hetero) is 1. The van der Waals surface area contributed by atoms with Gasteiger partial charge in [0.15, 0.2) is 0 Å². The molecule has 0 aliphatic heterocycles. The SMILES string of the molecule is C[C@H]1[C@H]2[C@H]3CC[C@@H]4[C@@]5(C)CCC(=O)C(C)(C)[C@@H]5CC[C@@]4(C)[C@]3(C)CC[C@@]2(C)CC[C@]1(C)O. The molecule has 0 aromatic rings. The molecule has 0 radical (unpaired) electrons. The van der Waals surface area contributed by atoms with Gasteiger partial charge in [0.25, 0.3) is 0 Å². The molecule has 1 N–H and O–H groups in total. The number of rotatable bonds is 0. The number of hydrogen-bond donors (Lipinski definition) is 1. The maximum Gasteiger partial charge on any atom is 0.138 e. The van der Waals surface area contributed by atoms with E-state index in [1.165, 1.54) is 44.9 Å². The van der Waals surface area contributed by atoms with Crippen molar-refractivity contribution >= 4 is 5.78 Å². The average molecular weight is 443 g/mol. The first kappa shape index (κ1) is 23.4. The van der Waals surface area contributed by atoms with Gasteiger partial charge in [0.1, 0.15) is 5.78 Å². The molecular formula is C30H50O2. The fourth-order valence-electron chi connectivity index (χ4n) is 11.4. The molecule has 5 saturated carbocycles. The maximum absolute atomic E-state index is 12.9. The number of carbonyl (C=O) groups excluding carboxylic acids is 1. The first-order valence-corrected chi connectivity index (χ1v) is 13.9. The minimum Gasteiger partial charge on any atom is -0.390 e. The summed E-state index contributed by atoms with van der Waals surface area (Å²) < 4.78 is 0. The van der Waals surface area contributed by atoms with Crippen molar-refractivity contribution in [2.75, 3.05) is 0 Å². The highest BCUT2D eigenvalue weighted by Crippen LogP contribution is 2.76. The van der Waals surface area contributed by atoms with Crippen LogP contribution in [0.3, 0.4) is 0 Å². The fraction of sp³-hybridized carbons (Fsp3) is 0.967. The van der Waals surface area contributed by atoms with E-state index in [1.807, 2.05) is 0 Å². The molecule has 2 nitrogen and oxygen atoms in total. The van der Waals surface area contributed by atoms with Crippen molar-refractivity contribution < 1.29 is 9.90 Å². The van der Waals surface area contributed by atoms with Crippen LogP contribution in [0.2, 0.25) is 0 Å². The Hall–Kier alpha value is -0.370. The summed E-state index contributed by atoms with van der Waals surface area (Å²) in [6, 6.07) is 0. The molecule has 182 valence electrons. The summed E-state index contributed by atoms with van der Waals surface area (Å²) >= 11 is 0. The van der Waals surface area contributed by atoms with Gasteiger partial charge in [-0.2, -0.15) is 0 Å². The van der Waals surface area contributed by atoms with Crippen LogP contribution >= 0.6 is 0 Å². The Balaban J connectivity index is 1.55. The number of hydrogen-bond acceptors (Lipinski definition) is 2. The van der Waals surface area contributed by atoms with Crippen LogP contribution in [0.5, 0.6) is 0 Å². The number of fused-ring (bicyclic) bond motifs is 7. The third-order valence-electron chi connectivity index (χ3n) is 13.9. The second-order valence-corrected chi connectivity index (χ2v) is 15.1. The van der Waals surface area contributed by atoms with Crippen LogP contribution in [0, 0.1) is 56.7 Å². The molecule has 0 saturated heterocycles. The lowest BCUT2D eigenvalue weighted by Crippen LogP contribution is -2.68. The molecule has 0 aromatic carbocycles. The largest absolute Gasteiger partial charge is 0.390 e. The predicted octanol–water partition coefficient (Wildman–Crippen LogP) is 7.43. The van der Waals surface area contributed by atoms with E-state index in [4.69, 9.17) is 0 Å². The smallest absolute Gasteiger partial charge is 0.138 e. The van der Waals surface area contributed by atoms with Crippen molar-refractivity contribution in [1.82, 2.24) is 0 Å². The third-order valence-corrected chi connectivity index (χ3v) is 13.9. The molecule has 5 rings (SSSR count). The van der Waals surface area contributed by atoms with Crippen LogP contribution in [0.25, 0.3) is 0 Å². The van der Waals surface area contributed by atoms with Crippen LogP contribution in [0.4, 0.5) is 0 Å². The van der Waals surface area contributed by atoms with Gasteiger partial charge in [-0.15, -0.1) is 0 Å². The molecule has 0 amide bonds. The van der Waals surface area contributed by atoms with Gasteiger partial charge in [0.05, 0.1) is 5.60 Å². The van der Waals surface area contributed by atoms with Crippen LogP contribution in [0.15, 0.2) is 0 Å². The zero-order chi connectivity index (χ0) is 23.5. The quantitative estimate of drug-likeness (QED) is 0.423. The second-order valence-electron chi connectivity index (χ2n) is 15.1. The molecule has 0 aromatic heterocycles. The van der Waals surface area contributed by atoms with Gasteiger partial charge < -0.3 is 5.11 Å². The van der Waals surface area contributed by atoms with Gasteiger partial charge in [-0.3, -0.25) is 4.79 Å². The first-order valence-electron chi connectivity index (χ1n) is 13.9. The minimum absolute atomic E-state index is 0.159.